The molecule has 0 radical (unpaired) electrons. The number of anilines is 1. The molecule has 0 saturated carbocycles. The van der Waals surface area contributed by atoms with Crippen LogP contribution >= 0.6 is 11.8 Å². The van der Waals surface area contributed by atoms with E-state index in [4.69, 9.17) is 0 Å². The van der Waals surface area contributed by atoms with E-state index in [1.54, 1.807) is 12.1 Å². The number of rotatable bonds is 8. The van der Waals surface area contributed by atoms with Crippen LogP contribution in [0.1, 0.15) is 33.8 Å². The molecule has 1 amide bonds. The molecule has 2 heterocycles. The van der Waals surface area contributed by atoms with Crippen molar-refractivity contribution in [2.24, 2.45) is 7.05 Å². The molecule has 4 rings (SSSR count). The Kier molecular flexibility index (Phi) is 7.32. The Morgan fingerprint density at radius 1 is 1.09 bits per heavy atom. The highest BCUT2D eigenvalue weighted by Gasteiger charge is 2.20. The highest BCUT2D eigenvalue weighted by molar-refractivity contribution is 7.99. The van der Waals surface area contributed by atoms with E-state index in [-0.39, 0.29) is 17.5 Å². The largest absolute Gasteiger partial charge is 0.326 e. The van der Waals surface area contributed by atoms with Gasteiger partial charge < -0.3 is 14.5 Å². The molecular formula is C26H25FN6OS. The predicted molar refractivity (Wildman–Crippen MR) is 134 cm³/mol. The summed E-state index contributed by atoms with van der Waals surface area (Å²) in [6, 6.07) is 18.4. The third kappa shape index (κ3) is 5.44. The maximum Gasteiger partial charge on any atom is 0.235 e. The van der Waals surface area contributed by atoms with Crippen molar-refractivity contribution in [2.45, 2.75) is 32.0 Å². The van der Waals surface area contributed by atoms with Crippen LogP contribution in [-0.4, -0.2) is 31.0 Å². The second-order valence-electron chi connectivity index (χ2n) is 8.22. The molecule has 0 bridgehead atoms. The molecule has 35 heavy (non-hydrogen) atoms. The molecule has 0 spiro atoms. The van der Waals surface area contributed by atoms with Gasteiger partial charge in [-0.05, 0) is 42.7 Å². The van der Waals surface area contributed by atoms with Crippen molar-refractivity contribution in [3.05, 3.63) is 94.2 Å². The quantitative estimate of drug-likeness (QED) is 0.366. The number of amides is 1. The fourth-order valence-corrected chi connectivity index (χ4v) is 4.53. The van der Waals surface area contributed by atoms with Crippen LogP contribution in [-0.2, 0) is 24.8 Å². The van der Waals surface area contributed by atoms with E-state index in [2.05, 4.69) is 21.6 Å². The molecule has 0 aliphatic rings. The van der Waals surface area contributed by atoms with Crippen LogP contribution in [0.25, 0.3) is 0 Å². The van der Waals surface area contributed by atoms with E-state index >= 15 is 0 Å². The maximum atomic E-state index is 13.3. The second kappa shape index (κ2) is 10.6. The first kappa shape index (κ1) is 24.2. The molecule has 178 valence electrons. The van der Waals surface area contributed by atoms with Crippen LogP contribution in [0.15, 0.2) is 59.8 Å². The van der Waals surface area contributed by atoms with Crippen molar-refractivity contribution in [1.82, 2.24) is 19.3 Å². The summed E-state index contributed by atoms with van der Waals surface area (Å²) in [5.41, 5.74) is 4.09. The number of nitriles is 1. The molecule has 0 fully saturated rings. The third-order valence-electron chi connectivity index (χ3n) is 5.92. The first-order valence-electron chi connectivity index (χ1n) is 11.1. The number of benzene rings is 2. The average molecular weight is 489 g/mol. The van der Waals surface area contributed by atoms with Crippen LogP contribution in [0.3, 0.4) is 0 Å². The van der Waals surface area contributed by atoms with Gasteiger partial charge in [0.25, 0.3) is 0 Å². The van der Waals surface area contributed by atoms with Crippen molar-refractivity contribution in [2.75, 3.05) is 11.1 Å². The zero-order chi connectivity index (χ0) is 24.9. The molecule has 0 atom stereocenters. The van der Waals surface area contributed by atoms with E-state index in [1.807, 2.05) is 60.4 Å². The normalized spacial score (nSPS) is 10.8. The minimum atomic E-state index is -0.312. The SMILES string of the molecule is Cc1c(C#N)c(NC(=O)CSc2nnc(Cc3ccccc3)n2C)n(Cc2ccc(F)cc2)c1C. The van der Waals surface area contributed by atoms with E-state index in [1.165, 1.54) is 23.9 Å². The lowest BCUT2D eigenvalue weighted by molar-refractivity contribution is -0.113. The van der Waals surface area contributed by atoms with Crippen LogP contribution in [0, 0.1) is 31.0 Å². The van der Waals surface area contributed by atoms with Gasteiger partial charge in [-0.15, -0.1) is 10.2 Å². The van der Waals surface area contributed by atoms with Gasteiger partial charge in [0.1, 0.15) is 23.5 Å². The average Bonchev–Trinajstić information content (AvgIpc) is 3.31. The first-order valence-corrected chi connectivity index (χ1v) is 12.0. The summed E-state index contributed by atoms with van der Waals surface area (Å²) >= 11 is 1.29. The van der Waals surface area contributed by atoms with E-state index in [9.17, 15) is 14.4 Å². The summed E-state index contributed by atoms with van der Waals surface area (Å²) in [5, 5.41) is 21.8. The van der Waals surface area contributed by atoms with Gasteiger partial charge in [0.2, 0.25) is 5.91 Å². The summed E-state index contributed by atoms with van der Waals surface area (Å²) in [7, 11) is 1.88. The number of carbonyl (C=O) groups is 1. The lowest BCUT2D eigenvalue weighted by Crippen LogP contribution is -2.19. The molecule has 2 aromatic heterocycles. The number of aromatic nitrogens is 4. The lowest BCUT2D eigenvalue weighted by Gasteiger charge is -2.13. The van der Waals surface area contributed by atoms with Crippen LogP contribution in [0.4, 0.5) is 10.2 Å². The summed E-state index contributed by atoms with van der Waals surface area (Å²) in [5.74, 6) is 0.803. The van der Waals surface area contributed by atoms with Crippen molar-refractivity contribution in [1.29, 1.82) is 5.26 Å². The second-order valence-corrected chi connectivity index (χ2v) is 9.16. The van der Waals surface area contributed by atoms with E-state index < -0.39 is 0 Å². The molecule has 0 aliphatic carbocycles. The van der Waals surface area contributed by atoms with Crippen LogP contribution in [0.2, 0.25) is 0 Å². The van der Waals surface area contributed by atoms with Gasteiger partial charge in [-0.1, -0.05) is 54.2 Å². The molecule has 0 saturated heterocycles. The topological polar surface area (TPSA) is 88.5 Å². The zero-order valence-electron chi connectivity index (χ0n) is 19.7. The summed E-state index contributed by atoms with van der Waals surface area (Å²) in [6.07, 6.45) is 0.651. The van der Waals surface area contributed by atoms with Gasteiger partial charge in [0.05, 0.1) is 11.3 Å². The number of nitrogens with one attached hydrogen (secondary N) is 1. The number of hydrogen-bond acceptors (Lipinski definition) is 5. The number of halogens is 1. The fraction of sp³-hybridized carbons (Fsp3) is 0.231. The Morgan fingerprint density at radius 3 is 2.49 bits per heavy atom. The highest BCUT2D eigenvalue weighted by atomic mass is 32.2. The van der Waals surface area contributed by atoms with Crippen molar-refractivity contribution < 1.29 is 9.18 Å². The molecule has 9 heteroatoms. The Morgan fingerprint density at radius 2 is 1.80 bits per heavy atom. The highest BCUT2D eigenvalue weighted by Crippen LogP contribution is 2.28. The van der Waals surface area contributed by atoms with Gasteiger partial charge in [0.15, 0.2) is 5.16 Å². The van der Waals surface area contributed by atoms with Gasteiger partial charge in [-0.2, -0.15) is 5.26 Å². The summed E-state index contributed by atoms with van der Waals surface area (Å²) in [4.78, 5) is 12.9. The molecule has 7 nitrogen and oxygen atoms in total. The van der Waals surface area contributed by atoms with Gasteiger partial charge >= 0.3 is 0 Å². The molecule has 4 aromatic rings. The fourth-order valence-electron chi connectivity index (χ4n) is 3.80. The van der Waals surface area contributed by atoms with Gasteiger partial charge in [0, 0.05) is 25.7 Å². The summed E-state index contributed by atoms with van der Waals surface area (Å²) in [6.45, 7) is 4.16. The van der Waals surface area contributed by atoms with Crippen LogP contribution in [0.5, 0.6) is 0 Å². The Balaban J connectivity index is 1.47. The number of thioether (sulfide) groups is 1. The minimum absolute atomic E-state index is 0.113. The summed E-state index contributed by atoms with van der Waals surface area (Å²) < 4.78 is 17.1. The monoisotopic (exact) mass is 488 g/mol. The molecule has 0 unspecified atom stereocenters. The number of hydrogen-bond donors (Lipinski definition) is 1. The molecular weight excluding hydrogens is 463 g/mol. The Hall–Kier alpha value is -3.90. The Labute approximate surface area is 207 Å². The molecule has 2 aromatic carbocycles. The predicted octanol–water partition coefficient (Wildman–Crippen LogP) is 4.61. The third-order valence-corrected chi connectivity index (χ3v) is 6.94. The van der Waals surface area contributed by atoms with Crippen molar-refractivity contribution in [3.63, 3.8) is 0 Å². The maximum absolute atomic E-state index is 13.3. The standard InChI is InChI=1S/C26H25FN6OS/c1-17-18(2)33(15-20-9-11-21(27)12-10-20)25(22(17)14-28)29-24(34)16-35-26-31-30-23(32(26)3)13-19-7-5-4-6-8-19/h4-12H,13,15-16H2,1-3H3,(H,29,34). The first-order chi connectivity index (χ1) is 16.9. The lowest BCUT2D eigenvalue weighted by atomic mass is 10.1. The smallest absolute Gasteiger partial charge is 0.235 e. The van der Waals surface area contributed by atoms with Crippen molar-refractivity contribution >= 4 is 23.5 Å². The number of nitrogens with zero attached hydrogens (tertiary/aromatic N) is 5. The van der Waals surface area contributed by atoms with Gasteiger partial charge in [-0.3, -0.25) is 4.79 Å². The van der Waals surface area contributed by atoms with E-state index in [0.29, 0.717) is 29.5 Å². The zero-order valence-corrected chi connectivity index (χ0v) is 20.6. The Bertz CT molecular complexity index is 1390. The van der Waals surface area contributed by atoms with Crippen LogP contribution < -0.4 is 5.32 Å². The van der Waals surface area contributed by atoms with Gasteiger partial charge in [-0.25, -0.2) is 4.39 Å². The molecule has 1 N–H and O–H groups in total. The number of carbonyl (C=O) groups excluding carboxylic acids is 1. The molecule has 0 aliphatic heterocycles. The minimum Gasteiger partial charge on any atom is -0.326 e. The van der Waals surface area contributed by atoms with E-state index in [0.717, 1.165) is 28.2 Å². The van der Waals surface area contributed by atoms with Crippen molar-refractivity contribution in [3.8, 4) is 6.07 Å².